The van der Waals surface area contributed by atoms with Crippen LogP contribution in [0, 0.1) is 5.82 Å². The van der Waals surface area contributed by atoms with E-state index < -0.39 is 38.4 Å². The van der Waals surface area contributed by atoms with Crippen molar-refractivity contribution in [1.82, 2.24) is 4.57 Å². The van der Waals surface area contributed by atoms with Crippen molar-refractivity contribution in [3.63, 3.8) is 0 Å². The molecule has 0 aliphatic rings. The minimum absolute atomic E-state index is 0. The molecular formula is C22H23FNNa2O9P. The van der Waals surface area contributed by atoms with Crippen LogP contribution in [0.3, 0.4) is 0 Å². The van der Waals surface area contributed by atoms with Crippen molar-refractivity contribution in [2.45, 2.75) is 20.1 Å². The number of hydrogen-bond acceptors (Lipinski definition) is 7. The number of methoxy groups -OCH3 is 1. The molecule has 36 heavy (non-hydrogen) atoms. The Morgan fingerprint density at radius 2 is 1.78 bits per heavy atom. The van der Waals surface area contributed by atoms with E-state index >= 15 is 0 Å². The molecule has 2 aromatic carbocycles. The number of rotatable bonds is 10. The minimum atomic E-state index is -4.87. The van der Waals surface area contributed by atoms with Gasteiger partial charge in [0.05, 0.1) is 19.1 Å². The van der Waals surface area contributed by atoms with E-state index in [0.29, 0.717) is 24.3 Å². The van der Waals surface area contributed by atoms with Crippen molar-refractivity contribution in [3.05, 3.63) is 58.6 Å². The number of nitrogens with zero attached hydrogens (tertiary/aromatic N) is 1. The van der Waals surface area contributed by atoms with Gasteiger partial charge in [0.25, 0.3) is 0 Å². The summed E-state index contributed by atoms with van der Waals surface area (Å²) in [4.78, 5) is 42.7. The number of esters is 1. The maximum absolute atomic E-state index is 14.9. The molecule has 14 heteroatoms. The number of pyridine rings is 1. The first kappa shape index (κ1) is 32.8. The monoisotopic (exact) mass is 541 g/mol. The second-order valence-electron chi connectivity index (χ2n) is 7.10. The number of aromatic nitrogens is 1. The van der Waals surface area contributed by atoms with Crippen molar-refractivity contribution in [1.29, 1.82) is 0 Å². The van der Waals surface area contributed by atoms with Gasteiger partial charge in [-0.2, -0.15) is 0 Å². The number of fused-ring (bicyclic) bond motifs is 1. The predicted octanol–water partition coefficient (Wildman–Crippen LogP) is 2.45. The number of phosphoric acid groups is 1. The Morgan fingerprint density at radius 1 is 1.11 bits per heavy atom. The Bertz CT molecular complexity index is 1300. The Hall–Kier alpha value is -1.24. The first-order valence-electron chi connectivity index (χ1n) is 10.1. The predicted molar refractivity (Wildman–Crippen MR) is 132 cm³/mol. The average molecular weight is 541 g/mol. The topological polar surface area (TPSA) is 134 Å². The fourth-order valence-corrected chi connectivity index (χ4v) is 3.46. The number of ether oxygens (including phenoxy) is 3. The maximum Gasteiger partial charge on any atom is 0.470 e. The molecule has 0 fully saturated rings. The molecule has 0 unspecified atom stereocenters. The largest absolute Gasteiger partial charge is 0.497 e. The third-order valence-electron chi connectivity index (χ3n) is 4.71. The van der Waals surface area contributed by atoms with Crippen LogP contribution in [0.2, 0.25) is 0 Å². The van der Waals surface area contributed by atoms with E-state index in [9.17, 15) is 18.5 Å². The fourth-order valence-electron chi connectivity index (χ4n) is 3.19. The van der Waals surface area contributed by atoms with Gasteiger partial charge in [0, 0.05) is 70.9 Å². The van der Waals surface area contributed by atoms with E-state index in [1.807, 2.05) is 6.92 Å². The molecule has 0 aliphatic heterocycles. The van der Waals surface area contributed by atoms with Crippen molar-refractivity contribution in [2.75, 3.05) is 20.3 Å². The van der Waals surface area contributed by atoms with Crippen LogP contribution in [0.5, 0.6) is 11.5 Å². The second kappa shape index (κ2) is 14.6. The first-order valence-corrected chi connectivity index (χ1v) is 11.7. The second-order valence-corrected chi connectivity index (χ2v) is 8.34. The number of carbonyl (C=O) groups excluding carboxylic acids is 1. The van der Waals surface area contributed by atoms with Gasteiger partial charge < -0.3 is 28.6 Å². The van der Waals surface area contributed by atoms with Gasteiger partial charge in [0.1, 0.15) is 22.8 Å². The number of hydrogen-bond donors (Lipinski definition) is 2. The van der Waals surface area contributed by atoms with Crippen molar-refractivity contribution in [2.24, 2.45) is 0 Å². The van der Waals surface area contributed by atoms with Gasteiger partial charge in [-0.3, -0.25) is 9.32 Å². The van der Waals surface area contributed by atoms with Gasteiger partial charge in [-0.15, -0.1) is 0 Å². The summed E-state index contributed by atoms with van der Waals surface area (Å²) in [5.74, 6) is -1.10. The molecule has 0 atom stereocenters. The summed E-state index contributed by atoms with van der Waals surface area (Å²) in [6.45, 7) is 0.672. The maximum atomic E-state index is 14.9. The molecule has 1 aromatic heterocycles. The molecule has 2 radical (unpaired) electrons. The molecule has 184 valence electrons. The summed E-state index contributed by atoms with van der Waals surface area (Å²) in [5, 5.41) is -0.260. The SMILES string of the molecule is CCCOc1ccc(F)c2c(=O)c(-c3ccc(OC)cc3)cn(COC(=O)COP(=O)(O)O)c12.[Na].[Na]. The molecule has 2 N–H and O–H groups in total. The van der Waals surface area contributed by atoms with Crippen LogP contribution in [0.4, 0.5) is 4.39 Å². The third kappa shape index (κ3) is 8.39. The quantitative estimate of drug-likeness (QED) is 0.226. The van der Waals surface area contributed by atoms with E-state index in [1.165, 1.54) is 23.9 Å². The molecule has 0 aliphatic carbocycles. The minimum Gasteiger partial charge on any atom is -0.497 e. The van der Waals surface area contributed by atoms with Gasteiger partial charge in [0.2, 0.25) is 0 Å². The van der Waals surface area contributed by atoms with Crippen molar-refractivity contribution in [3.8, 4) is 22.6 Å². The van der Waals surface area contributed by atoms with Crippen LogP contribution in [-0.2, 0) is 25.4 Å². The van der Waals surface area contributed by atoms with Gasteiger partial charge in [0.15, 0.2) is 18.8 Å². The van der Waals surface area contributed by atoms with Crippen LogP contribution in [0.25, 0.3) is 22.0 Å². The molecule has 0 saturated carbocycles. The zero-order valence-corrected chi connectivity index (χ0v) is 25.3. The Balaban J connectivity index is 0.00000324. The first-order chi connectivity index (χ1) is 16.1. The summed E-state index contributed by atoms with van der Waals surface area (Å²) in [6.07, 6.45) is 2.05. The van der Waals surface area contributed by atoms with Crippen LogP contribution in [-0.4, -0.2) is 99.8 Å². The average Bonchev–Trinajstić information content (AvgIpc) is 2.81. The molecule has 0 amide bonds. The standard InChI is InChI=1S/C22H23FNO9P.2Na/c1-3-10-31-18-9-8-17(23)20-21(18)24(13-32-19(25)12-33-34(27,28)29)11-16(22(20)26)14-4-6-15(30-2)7-5-14;;/h4-9,11H,3,10,12-13H2,1-2H3,(H2,27,28,29);;. The molecular weight excluding hydrogens is 518 g/mol. The zero-order chi connectivity index (χ0) is 24.9. The number of phosphoric ester groups is 1. The summed E-state index contributed by atoms with van der Waals surface area (Å²) in [6, 6.07) is 9.02. The molecule has 10 nitrogen and oxygen atoms in total. The van der Waals surface area contributed by atoms with E-state index in [0.717, 1.165) is 6.07 Å². The Kier molecular flexibility index (Phi) is 13.3. The molecule has 0 spiro atoms. The summed E-state index contributed by atoms with van der Waals surface area (Å²) >= 11 is 0. The molecule has 3 rings (SSSR count). The number of benzene rings is 2. The Labute approximate surface area is 250 Å². The van der Waals surface area contributed by atoms with Gasteiger partial charge in [-0.25, -0.2) is 13.8 Å². The molecule has 0 saturated heterocycles. The van der Waals surface area contributed by atoms with Gasteiger partial charge >= 0.3 is 13.8 Å². The molecule has 3 aromatic rings. The van der Waals surface area contributed by atoms with Gasteiger partial charge in [-0.05, 0) is 36.2 Å². The zero-order valence-electron chi connectivity index (χ0n) is 20.4. The third-order valence-corrected chi connectivity index (χ3v) is 5.18. The van der Waals surface area contributed by atoms with Crippen LogP contribution in [0.1, 0.15) is 13.3 Å². The van der Waals surface area contributed by atoms with Crippen LogP contribution < -0.4 is 14.9 Å². The summed E-state index contributed by atoms with van der Waals surface area (Å²) < 4.78 is 47.0. The van der Waals surface area contributed by atoms with Crippen LogP contribution in [0.15, 0.2) is 47.4 Å². The van der Waals surface area contributed by atoms with E-state index in [4.69, 9.17) is 24.0 Å². The van der Waals surface area contributed by atoms with E-state index in [-0.39, 0.29) is 81.3 Å². The van der Waals surface area contributed by atoms with Gasteiger partial charge in [-0.1, -0.05) is 19.1 Å². The van der Waals surface area contributed by atoms with Crippen molar-refractivity contribution >= 4 is 83.8 Å². The Morgan fingerprint density at radius 3 is 2.36 bits per heavy atom. The number of carbonyl (C=O) groups is 1. The molecule has 0 bridgehead atoms. The number of halogens is 1. The van der Waals surface area contributed by atoms with Crippen LogP contribution >= 0.6 is 7.82 Å². The molecule has 1 heterocycles. The van der Waals surface area contributed by atoms with E-state index in [2.05, 4.69) is 4.52 Å². The van der Waals surface area contributed by atoms with E-state index in [1.54, 1.807) is 24.3 Å². The fraction of sp³-hybridized carbons (Fsp3) is 0.273. The van der Waals surface area contributed by atoms with Crippen molar-refractivity contribution < 1.29 is 42.3 Å². The summed E-state index contributed by atoms with van der Waals surface area (Å²) in [7, 11) is -3.38. The smallest absolute Gasteiger partial charge is 0.470 e. The summed E-state index contributed by atoms with van der Waals surface area (Å²) in [5.41, 5.74) is 0.0764. The normalized spacial score (nSPS) is 10.8.